The van der Waals surface area contributed by atoms with E-state index in [1.807, 2.05) is 0 Å². The third-order valence-corrected chi connectivity index (χ3v) is 7.06. The lowest BCUT2D eigenvalue weighted by atomic mass is 10.0. The van der Waals surface area contributed by atoms with E-state index in [1.54, 1.807) is 0 Å². The highest BCUT2D eigenvalue weighted by Gasteiger charge is 2.16. The van der Waals surface area contributed by atoms with E-state index in [-0.39, 0.29) is 6.61 Å². The van der Waals surface area contributed by atoms with Crippen LogP contribution in [0.4, 0.5) is 0 Å². The van der Waals surface area contributed by atoms with Crippen molar-refractivity contribution in [1.82, 2.24) is 0 Å². The van der Waals surface area contributed by atoms with Crippen molar-refractivity contribution in [2.24, 2.45) is 0 Å². The van der Waals surface area contributed by atoms with Crippen molar-refractivity contribution in [3.63, 3.8) is 0 Å². The van der Waals surface area contributed by atoms with E-state index in [9.17, 15) is 16.8 Å². The summed E-state index contributed by atoms with van der Waals surface area (Å²) in [6.45, 7) is 2.33. The van der Waals surface area contributed by atoms with Gasteiger partial charge in [-0.15, -0.1) is 0 Å². The molecule has 0 aromatic heterocycles. The smallest absolute Gasteiger partial charge is 0.268 e. The predicted molar refractivity (Wildman–Crippen MR) is 116 cm³/mol. The van der Waals surface area contributed by atoms with Gasteiger partial charge >= 0.3 is 0 Å². The Hall–Kier alpha value is -0.180. The van der Waals surface area contributed by atoms with E-state index in [1.165, 1.54) is 77.0 Å². The van der Waals surface area contributed by atoms with Gasteiger partial charge in [0.25, 0.3) is 20.2 Å². The second-order valence-electron chi connectivity index (χ2n) is 7.67. The summed E-state index contributed by atoms with van der Waals surface area (Å²) >= 11 is 0. The van der Waals surface area contributed by atoms with Gasteiger partial charge in [0.05, 0.1) is 18.1 Å². The summed E-state index contributed by atoms with van der Waals surface area (Å²) in [5, 5.41) is 0. The zero-order chi connectivity index (χ0) is 21.1. The fraction of sp³-hybridized carbons (Fsp3) is 1.00. The molecule has 170 valence electrons. The molecule has 0 aliphatic rings. The van der Waals surface area contributed by atoms with Crippen LogP contribution in [0.2, 0.25) is 0 Å². The molecule has 0 bridgehead atoms. The van der Waals surface area contributed by atoms with Crippen molar-refractivity contribution in [3.05, 3.63) is 0 Å². The number of rotatable bonds is 21. The summed E-state index contributed by atoms with van der Waals surface area (Å²) in [5.41, 5.74) is 0. The molecule has 8 heteroatoms. The SMILES string of the molecule is CCCCCCCCCCCCCCCCCCOS(=O)(=O)CCS(=O)(=O)O. The van der Waals surface area contributed by atoms with Crippen molar-refractivity contribution < 1.29 is 25.6 Å². The Labute approximate surface area is 173 Å². The second kappa shape index (κ2) is 17.7. The third kappa shape index (κ3) is 22.1. The van der Waals surface area contributed by atoms with Crippen molar-refractivity contribution in [3.8, 4) is 0 Å². The fourth-order valence-electron chi connectivity index (χ4n) is 3.10. The molecule has 0 heterocycles. The van der Waals surface area contributed by atoms with Crippen LogP contribution in [0.25, 0.3) is 0 Å². The number of unbranched alkanes of at least 4 members (excludes halogenated alkanes) is 15. The van der Waals surface area contributed by atoms with Gasteiger partial charge in [0.15, 0.2) is 0 Å². The molecule has 0 spiro atoms. The summed E-state index contributed by atoms with van der Waals surface area (Å²) in [7, 11) is -8.15. The third-order valence-electron chi connectivity index (χ3n) is 4.85. The quantitative estimate of drug-likeness (QED) is 0.143. The Morgan fingerprint density at radius 2 is 0.929 bits per heavy atom. The van der Waals surface area contributed by atoms with E-state index in [4.69, 9.17) is 8.74 Å². The van der Waals surface area contributed by atoms with Crippen molar-refractivity contribution in [2.75, 3.05) is 18.1 Å². The predicted octanol–water partition coefficient (Wildman–Crippen LogP) is 5.48. The first kappa shape index (κ1) is 27.8. The fourth-order valence-corrected chi connectivity index (χ4v) is 5.25. The second-order valence-corrected chi connectivity index (χ2v) is 11.0. The average Bonchev–Trinajstić information content (AvgIpc) is 2.62. The summed E-state index contributed by atoms with van der Waals surface area (Å²) in [4.78, 5) is 0. The standard InChI is InChI=1S/C20H42O6S2/c1-2-3-4-5-6-7-8-9-10-11-12-13-14-15-16-17-18-26-28(24,25)20-19-27(21,22)23/h2-20H2,1H3,(H,21,22,23). The van der Waals surface area contributed by atoms with Crippen LogP contribution < -0.4 is 0 Å². The molecule has 0 rings (SSSR count). The summed E-state index contributed by atoms with van der Waals surface area (Å²) < 4.78 is 57.3. The Kier molecular flexibility index (Phi) is 17.5. The Balaban J connectivity index is 3.29. The maximum absolute atomic E-state index is 11.4. The van der Waals surface area contributed by atoms with Crippen LogP contribution >= 0.6 is 0 Å². The zero-order valence-electron chi connectivity index (χ0n) is 17.7. The van der Waals surface area contributed by atoms with Crippen molar-refractivity contribution in [2.45, 2.75) is 110 Å². The largest absolute Gasteiger partial charge is 0.286 e. The molecule has 0 aromatic carbocycles. The molecule has 0 radical (unpaired) electrons. The van der Waals surface area contributed by atoms with Gasteiger partial charge in [0.2, 0.25) is 0 Å². The summed E-state index contributed by atoms with van der Waals surface area (Å²) in [5.74, 6) is -1.53. The summed E-state index contributed by atoms with van der Waals surface area (Å²) in [6.07, 6.45) is 19.9. The first-order chi connectivity index (χ1) is 13.3. The van der Waals surface area contributed by atoms with Crippen molar-refractivity contribution >= 4 is 20.2 Å². The maximum Gasteiger partial charge on any atom is 0.268 e. The molecular weight excluding hydrogens is 400 g/mol. The molecule has 0 saturated carbocycles. The van der Waals surface area contributed by atoms with Crippen LogP contribution in [-0.2, 0) is 24.4 Å². The highest BCUT2D eigenvalue weighted by molar-refractivity contribution is 7.90. The average molecular weight is 443 g/mol. The lowest BCUT2D eigenvalue weighted by Gasteiger charge is -2.05. The Morgan fingerprint density at radius 3 is 1.29 bits per heavy atom. The molecular formula is C20H42O6S2. The highest BCUT2D eigenvalue weighted by atomic mass is 32.2. The lowest BCUT2D eigenvalue weighted by Crippen LogP contribution is -2.19. The van der Waals surface area contributed by atoms with E-state index >= 15 is 0 Å². The van der Waals surface area contributed by atoms with Crippen LogP contribution in [-0.4, -0.2) is 39.5 Å². The minimum Gasteiger partial charge on any atom is -0.286 e. The molecule has 0 fully saturated rings. The summed E-state index contributed by atoms with van der Waals surface area (Å²) in [6, 6.07) is 0. The van der Waals surface area contributed by atoms with Gasteiger partial charge in [-0.2, -0.15) is 16.8 Å². The Bertz CT molecular complexity index is 543. The molecule has 0 unspecified atom stereocenters. The monoisotopic (exact) mass is 442 g/mol. The molecule has 0 aromatic rings. The Morgan fingerprint density at radius 1 is 0.571 bits per heavy atom. The molecule has 0 saturated heterocycles. The van der Waals surface area contributed by atoms with Gasteiger partial charge in [0.1, 0.15) is 0 Å². The van der Waals surface area contributed by atoms with E-state index in [0.717, 1.165) is 19.3 Å². The van der Waals surface area contributed by atoms with Gasteiger partial charge in [0, 0.05) is 0 Å². The first-order valence-electron chi connectivity index (χ1n) is 11.1. The molecule has 0 atom stereocenters. The van der Waals surface area contributed by atoms with E-state index in [0.29, 0.717) is 6.42 Å². The van der Waals surface area contributed by atoms with Gasteiger partial charge in [-0.1, -0.05) is 103 Å². The molecule has 28 heavy (non-hydrogen) atoms. The minimum atomic E-state index is -4.28. The highest BCUT2D eigenvalue weighted by Crippen LogP contribution is 2.13. The van der Waals surface area contributed by atoms with E-state index in [2.05, 4.69) is 6.92 Å². The van der Waals surface area contributed by atoms with Crippen LogP contribution in [0.5, 0.6) is 0 Å². The molecule has 0 aliphatic heterocycles. The van der Waals surface area contributed by atoms with Crippen LogP contribution in [0.3, 0.4) is 0 Å². The number of hydrogen-bond acceptors (Lipinski definition) is 5. The van der Waals surface area contributed by atoms with Crippen LogP contribution in [0.1, 0.15) is 110 Å². The zero-order valence-corrected chi connectivity index (χ0v) is 19.4. The molecule has 6 nitrogen and oxygen atoms in total. The van der Waals surface area contributed by atoms with Gasteiger partial charge in [-0.05, 0) is 6.42 Å². The minimum absolute atomic E-state index is 0.0756. The van der Waals surface area contributed by atoms with E-state index < -0.39 is 31.7 Å². The number of hydrogen-bond donors (Lipinski definition) is 1. The van der Waals surface area contributed by atoms with Crippen molar-refractivity contribution in [1.29, 1.82) is 0 Å². The molecule has 1 N–H and O–H groups in total. The lowest BCUT2D eigenvalue weighted by molar-refractivity contribution is 0.306. The normalized spacial score (nSPS) is 12.5. The van der Waals surface area contributed by atoms with Crippen LogP contribution in [0, 0.1) is 0 Å². The van der Waals surface area contributed by atoms with Gasteiger partial charge < -0.3 is 0 Å². The molecule has 0 amide bonds. The van der Waals surface area contributed by atoms with Gasteiger partial charge in [-0.25, -0.2) is 0 Å². The van der Waals surface area contributed by atoms with Crippen LogP contribution in [0.15, 0.2) is 0 Å². The first-order valence-corrected chi connectivity index (χ1v) is 14.3. The molecule has 0 aliphatic carbocycles. The topological polar surface area (TPSA) is 97.7 Å². The maximum atomic E-state index is 11.4. The van der Waals surface area contributed by atoms with Gasteiger partial charge in [-0.3, -0.25) is 8.74 Å².